The van der Waals surface area contributed by atoms with E-state index in [9.17, 15) is 0 Å². The van der Waals surface area contributed by atoms with Gasteiger partial charge in [0.2, 0.25) is 0 Å². The van der Waals surface area contributed by atoms with Crippen LogP contribution in [0.25, 0.3) is 0 Å². The minimum absolute atomic E-state index is 0.709. The van der Waals surface area contributed by atoms with Crippen molar-refractivity contribution in [2.75, 3.05) is 13.7 Å². The molecule has 0 radical (unpaired) electrons. The van der Waals surface area contributed by atoms with Crippen LogP contribution in [-0.2, 0) is 4.74 Å². The van der Waals surface area contributed by atoms with E-state index >= 15 is 0 Å². The van der Waals surface area contributed by atoms with Crippen molar-refractivity contribution in [3.63, 3.8) is 0 Å². The maximum absolute atomic E-state index is 4.93. The highest BCUT2D eigenvalue weighted by Gasteiger charge is 1.84. The van der Waals surface area contributed by atoms with Gasteiger partial charge in [-0.3, -0.25) is 0 Å². The lowest BCUT2D eigenvalue weighted by Gasteiger charge is -1.96. The molecule has 12 heavy (non-hydrogen) atoms. The molecule has 0 unspecified atom stereocenters. The molecule has 0 N–H and O–H groups in total. The van der Waals surface area contributed by atoms with Gasteiger partial charge >= 0.3 is 0 Å². The molecule has 0 spiro atoms. The largest absolute Gasteiger partial charge is 0.380 e. The fourth-order valence-corrected chi connectivity index (χ4v) is 0.608. The van der Waals surface area contributed by atoms with E-state index in [4.69, 9.17) is 4.74 Å². The number of ether oxygens (including phenoxy) is 1. The molecule has 0 amide bonds. The molecule has 0 aromatic heterocycles. The summed E-state index contributed by atoms with van der Waals surface area (Å²) in [4.78, 5) is 0. The zero-order valence-corrected chi connectivity index (χ0v) is 9.05. The molecule has 0 atom stereocenters. The molecule has 72 valence electrons. The van der Waals surface area contributed by atoms with Crippen LogP contribution in [-0.4, -0.2) is 13.7 Å². The third kappa shape index (κ3) is 12.1. The lowest BCUT2D eigenvalue weighted by atomic mass is 10.2. The van der Waals surface area contributed by atoms with E-state index in [1.165, 1.54) is 12.0 Å². The predicted molar refractivity (Wildman–Crippen MR) is 56.4 cm³/mol. The van der Waals surface area contributed by atoms with Crippen molar-refractivity contribution in [2.24, 2.45) is 0 Å². The Kier molecular flexibility index (Phi) is 15.2. The summed E-state index contributed by atoms with van der Waals surface area (Å²) in [6.45, 7) is 8.97. The summed E-state index contributed by atoms with van der Waals surface area (Å²) in [5, 5.41) is 0. The summed E-state index contributed by atoms with van der Waals surface area (Å²) < 4.78 is 4.93. The van der Waals surface area contributed by atoms with Gasteiger partial charge in [0.1, 0.15) is 0 Å². The molecule has 0 saturated carbocycles. The lowest BCUT2D eigenvalue weighted by Crippen LogP contribution is -1.89. The first-order valence-electron chi connectivity index (χ1n) is 4.53. The number of hydrogen-bond acceptors (Lipinski definition) is 1. The van der Waals surface area contributed by atoms with E-state index < -0.39 is 0 Å². The maximum Gasteiger partial charge on any atom is 0.0709 e. The fraction of sp³-hybridized carbons (Fsp3) is 0.636. The second-order valence-corrected chi connectivity index (χ2v) is 2.50. The Hall–Kier alpha value is -0.560. The highest BCUT2D eigenvalue weighted by atomic mass is 16.5. The second kappa shape index (κ2) is 13.1. The molecule has 0 aliphatic rings. The van der Waals surface area contributed by atoms with E-state index in [2.05, 4.69) is 13.8 Å². The number of rotatable bonds is 3. The van der Waals surface area contributed by atoms with Crippen molar-refractivity contribution in [3.8, 4) is 0 Å². The topological polar surface area (TPSA) is 9.23 Å². The smallest absolute Gasteiger partial charge is 0.0709 e. The van der Waals surface area contributed by atoms with Crippen molar-refractivity contribution in [1.29, 1.82) is 0 Å². The SMILES string of the molecule is C/C=C\C(=C/C)COC.CCC. The van der Waals surface area contributed by atoms with Crippen LogP contribution in [0.3, 0.4) is 0 Å². The van der Waals surface area contributed by atoms with E-state index in [0.29, 0.717) is 6.61 Å². The van der Waals surface area contributed by atoms with Crippen LogP contribution >= 0.6 is 0 Å². The van der Waals surface area contributed by atoms with E-state index in [1.807, 2.05) is 32.1 Å². The van der Waals surface area contributed by atoms with Gasteiger partial charge in [0.05, 0.1) is 6.61 Å². The average molecular weight is 170 g/mol. The van der Waals surface area contributed by atoms with Gasteiger partial charge in [0.15, 0.2) is 0 Å². The van der Waals surface area contributed by atoms with Gasteiger partial charge in [0.25, 0.3) is 0 Å². The fourth-order valence-electron chi connectivity index (χ4n) is 0.608. The minimum Gasteiger partial charge on any atom is -0.380 e. The molecule has 0 heterocycles. The van der Waals surface area contributed by atoms with E-state index in [-0.39, 0.29) is 0 Å². The van der Waals surface area contributed by atoms with Crippen LogP contribution in [0.2, 0.25) is 0 Å². The second-order valence-electron chi connectivity index (χ2n) is 2.50. The van der Waals surface area contributed by atoms with Gasteiger partial charge in [-0.15, -0.1) is 0 Å². The van der Waals surface area contributed by atoms with Crippen LogP contribution in [0.1, 0.15) is 34.1 Å². The molecule has 1 nitrogen and oxygen atoms in total. The maximum atomic E-state index is 4.93. The Morgan fingerprint density at radius 3 is 2.00 bits per heavy atom. The highest BCUT2D eigenvalue weighted by Crippen LogP contribution is 1.95. The van der Waals surface area contributed by atoms with Crippen molar-refractivity contribution in [2.45, 2.75) is 34.1 Å². The first-order chi connectivity index (χ1) is 5.76. The monoisotopic (exact) mass is 170 g/mol. The third-order valence-electron chi connectivity index (χ3n) is 1.06. The molecule has 0 aromatic carbocycles. The highest BCUT2D eigenvalue weighted by molar-refractivity contribution is 5.17. The molecule has 1 heteroatoms. The first-order valence-corrected chi connectivity index (χ1v) is 4.53. The zero-order chi connectivity index (χ0) is 9.82. The Morgan fingerprint density at radius 1 is 1.25 bits per heavy atom. The zero-order valence-electron chi connectivity index (χ0n) is 9.05. The summed E-state index contributed by atoms with van der Waals surface area (Å²) in [5.74, 6) is 0. The first kappa shape index (κ1) is 14.0. The molecule has 0 fully saturated rings. The Balaban J connectivity index is 0. The number of methoxy groups -OCH3 is 1. The number of allylic oxidation sites excluding steroid dienone is 2. The van der Waals surface area contributed by atoms with Gasteiger partial charge in [-0.2, -0.15) is 0 Å². The van der Waals surface area contributed by atoms with Crippen molar-refractivity contribution in [1.82, 2.24) is 0 Å². The van der Waals surface area contributed by atoms with Crippen LogP contribution in [0, 0.1) is 0 Å². The van der Waals surface area contributed by atoms with Gasteiger partial charge < -0.3 is 4.74 Å². The Labute approximate surface area is 77.1 Å². The van der Waals surface area contributed by atoms with Gasteiger partial charge in [-0.25, -0.2) is 0 Å². The average Bonchev–Trinajstić information content (AvgIpc) is 2.05. The molecule has 0 aliphatic carbocycles. The summed E-state index contributed by atoms with van der Waals surface area (Å²) >= 11 is 0. The van der Waals surface area contributed by atoms with Crippen molar-refractivity contribution < 1.29 is 4.74 Å². The molecular formula is C11H22O. The Bertz CT molecular complexity index is 123. The van der Waals surface area contributed by atoms with Crippen LogP contribution in [0.15, 0.2) is 23.8 Å². The van der Waals surface area contributed by atoms with Gasteiger partial charge in [0, 0.05) is 7.11 Å². The quantitative estimate of drug-likeness (QED) is 0.588. The lowest BCUT2D eigenvalue weighted by molar-refractivity contribution is 0.228. The molecule has 0 aromatic rings. The summed E-state index contributed by atoms with van der Waals surface area (Å²) in [5.41, 5.74) is 1.22. The molecule has 0 saturated heterocycles. The van der Waals surface area contributed by atoms with Crippen LogP contribution < -0.4 is 0 Å². The summed E-state index contributed by atoms with van der Waals surface area (Å²) in [6, 6.07) is 0. The van der Waals surface area contributed by atoms with Crippen LogP contribution in [0.4, 0.5) is 0 Å². The van der Waals surface area contributed by atoms with Gasteiger partial charge in [-0.1, -0.05) is 38.5 Å². The normalized spacial score (nSPS) is 11.2. The minimum atomic E-state index is 0.709. The van der Waals surface area contributed by atoms with Crippen LogP contribution in [0.5, 0.6) is 0 Å². The van der Waals surface area contributed by atoms with E-state index in [1.54, 1.807) is 7.11 Å². The van der Waals surface area contributed by atoms with Crippen molar-refractivity contribution in [3.05, 3.63) is 23.8 Å². The Morgan fingerprint density at radius 2 is 1.75 bits per heavy atom. The molecule has 0 aliphatic heterocycles. The van der Waals surface area contributed by atoms with Crippen molar-refractivity contribution >= 4 is 0 Å². The van der Waals surface area contributed by atoms with Gasteiger partial charge in [-0.05, 0) is 19.4 Å². The summed E-state index contributed by atoms with van der Waals surface area (Å²) in [7, 11) is 1.70. The molecular weight excluding hydrogens is 148 g/mol. The van der Waals surface area contributed by atoms with E-state index in [0.717, 1.165) is 0 Å². The molecule has 0 bridgehead atoms. The third-order valence-corrected chi connectivity index (χ3v) is 1.06. The standard InChI is InChI=1S/C8H14O.C3H8/c1-4-6-8(5-2)7-9-3;1-3-2/h4-6H,7H2,1-3H3;3H2,1-2H3/b6-4-,8-5+;. The predicted octanol–water partition coefficient (Wildman–Crippen LogP) is 3.57. The number of hydrogen-bond donors (Lipinski definition) is 0. The summed E-state index contributed by atoms with van der Waals surface area (Å²) in [6.07, 6.45) is 7.35. The molecule has 0 rings (SSSR count).